The van der Waals surface area contributed by atoms with Crippen molar-refractivity contribution in [2.75, 3.05) is 12.4 Å². The molecule has 2 aromatic rings. The molecule has 0 saturated heterocycles. The molecule has 1 heterocycles. The molecule has 1 N–H and O–H groups in total. The first-order valence-electron chi connectivity index (χ1n) is 5.86. The van der Waals surface area contributed by atoms with E-state index in [1.54, 1.807) is 18.3 Å². The lowest BCUT2D eigenvalue weighted by Gasteiger charge is -2.07. The molecule has 0 radical (unpaired) electrons. The van der Waals surface area contributed by atoms with Crippen molar-refractivity contribution in [3.05, 3.63) is 52.6 Å². The minimum atomic E-state index is -0.964. The van der Waals surface area contributed by atoms with Crippen molar-refractivity contribution in [1.82, 2.24) is 4.98 Å². The number of rotatable bonds is 6. The van der Waals surface area contributed by atoms with Gasteiger partial charge in [-0.2, -0.15) is 0 Å². The highest BCUT2D eigenvalue weighted by atomic mass is 79.9. The summed E-state index contributed by atoms with van der Waals surface area (Å²) in [4.78, 5) is 15.1. The van der Waals surface area contributed by atoms with Gasteiger partial charge < -0.3 is 9.84 Å². The van der Waals surface area contributed by atoms with Gasteiger partial charge in [-0.3, -0.25) is 0 Å². The van der Waals surface area contributed by atoms with Gasteiger partial charge in [-0.25, -0.2) is 9.78 Å². The number of hydrogen-bond acceptors (Lipinski definition) is 4. The quantitative estimate of drug-likeness (QED) is 0.633. The summed E-state index contributed by atoms with van der Waals surface area (Å²) in [6, 6.07) is 10.7. The molecule has 0 unspecified atom stereocenters. The van der Waals surface area contributed by atoms with Gasteiger partial charge in [0.25, 0.3) is 0 Å². The predicted molar refractivity (Wildman–Crippen MR) is 81.6 cm³/mol. The lowest BCUT2D eigenvalue weighted by molar-refractivity contribution is 0.0692. The Hall–Kier alpha value is -1.53. The molecule has 4 nitrogen and oxygen atoms in total. The number of carboxylic acids is 1. The second-order valence-electron chi connectivity index (χ2n) is 3.82. The maximum absolute atomic E-state index is 11.0. The van der Waals surface area contributed by atoms with Crippen LogP contribution < -0.4 is 4.74 Å². The van der Waals surface area contributed by atoms with Crippen LogP contribution in [0.2, 0.25) is 0 Å². The number of nitrogens with zero attached hydrogens (tertiary/aromatic N) is 1. The summed E-state index contributed by atoms with van der Waals surface area (Å²) in [5.41, 5.74) is 0.222. The molecule has 0 fully saturated rings. The van der Waals surface area contributed by atoms with Crippen LogP contribution in [0.25, 0.3) is 0 Å². The maximum atomic E-state index is 11.0. The number of hydrogen-bond donors (Lipinski definition) is 1. The second-order valence-corrected chi connectivity index (χ2v) is 5.81. The third kappa shape index (κ3) is 4.25. The highest BCUT2D eigenvalue weighted by Gasteiger charge is 2.10. The zero-order valence-electron chi connectivity index (χ0n) is 10.5. The Labute approximate surface area is 129 Å². The van der Waals surface area contributed by atoms with Crippen LogP contribution in [0.4, 0.5) is 0 Å². The first kappa shape index (κ1) is 14.9. The van der Waals surface area contributed by atoms with Crippen LogP contribution in [0, 0.1) is 0 Å². The monoisotopic (exact) mass is 353 g/mol. The van der Waals surface area contributed by atoms with E-state index in [1.165, 1.54) is 11.8 Å². The lowest BCUT2D eigenvalue weighted by Crippen LogP contribution is -2.04. The third-order valence-electron chi connectivity index (χ3n) is 2.39. The van der Waals surface area contributed by atoms with Crippen LogP contribution in [0.5, 0.6) is 5.75 Å². The van der Waals surface area contributed by atoms with Gasteiger partial charge >= 0.3 is 5.97 Å². The van der Waals surface area contributed by atoms with Crippen LogP contribution in [-0.4, -0.2) is 28.4 Å². The van der Waals surface area contributed by atoms with Crippen LogP contribution in [0.1, 0.15) is 10.4 Å². The Morgan fingerprint density at radius 1 is 1.35 bits per heavy atom. The van der Waals surface area contributed by atoms with Gasteiger partial charge in [-0.05, 0) is 30.3 Å². The summed E-state index contributed by atoms with van der Waals surface area (Å²) in [5.74, 6) is 0.442. The van der Waals surface area contributed by atoms with E-state index in [1.807, 2.05) is 24.3 Å². The normalized spacial score (nSPS) is 10.2. The smallest absolute Gasteiger partial charge is 0.338 e. The number of carbonyl (C=O) groups is 1. The predicted octanol–water partition coefficient (Wildman–Crippen LogP) is 3.71. The Balaban J connectivity index is 1.86. The zero-order chi connectivity index (χ0) is 14.4. The Kier molecular flexibility index (Phi) is 5.43. The number of carboxylic acid groups (broad SMARTS) is 1. The Morgan fingerprint density at radius 2 is 2.20 bits per heavy atom. The van der Waals surface area contributed by atoms with Gasteiger partial charge in [-0.1, -0.05) is 22.0 Å². The third-order valence-corrected chi connectivity index (χ3v) is 3.85. The molecule has 0 amide bonds. The zero-order valence-corrected chi connectivity index (χ0v) is 12.9. The SMILES string of the molecule is O=C(O)c1cccnc1SCCOc1cccc(Br)c1. The van der Waals surface area contributed by atoms with Crippen molar-refractivity contribution in [2.45, 2.75) is 5.03 Å². The molecule has 6 heteroatoms. The number of benzene rings is 1. The minimum absolute atomic E-state index is 0.222. The fraction of sp³-hybridized carbons (Fsp3) is 0.143. The molecule has 104 valence electrons. The van der Waals surface area contributed by atoms with Gasteiger partial charge in [0, 0.05) is 16.4 Å². The van der Waals surface area contributed by atoms with E-state index in [-0.39, 0.29) is 5.56 Å². The molecule has 1 aromatic heterocycles. The average Bonchev–Trinajstić information content (AvgIpc) is 2.44. The van der Waals surface area contributed by atoms with Gasteiger partial charge in [0.1, 0.15) is 10.8 Å². The van der Waals surface area contributed by atoms with Gasteiger partial charge in [0.05, 0.1) is 12.2 Å². The minimum Gasteiger partial charge on any atom is -0.493 e. The number of ether oxygens (including phenoxy) is 1. The van der Waals surface area contributed by atoms with Crippen LogP contribution >= 0.6 is 27.7 Å². The number of thioether (sulfide) groups is 1. The van der Waals surface area contributed by atoms with E-state index >= 15 is 0 Å². The molecule has 0 aliphatic carbocycles. The first-order chi connectivity index (χ1) is 9.66. The molecule has 0 bridgehead atoms. The largest absolute Gasteiger partial charge is 0.493 e. The molecule has 20 heavy (non-hydrogen) atoms. The van der Waals surface area contributed by atoms with E-state index in [9.17, 15) is 4.79 Å². The lowest BCUT2D eigenvalue weighted by atomic mass is 10.3. The Bertz CT molecular complexity index is 606. The summed E-state index contributed by atoms with van der Waals surface area (Å²) in [6.07, 6.45) is 1.59. The molecule has 1 aromatic carbocycles. The molecular weight excluding hydrogens is 342 g/mol. The maximum Gasteiger partial charge on any atom is 0.338 e. The van der Waals surface area contributed by atoms with Crippen molar-refractivity contribution in [1.29, 1.82) is 0 Å². The standard InChI is InChI=1S/C14H12BrNO3S/c15-10-3-1-4-11(9-10)19-7-8-20-13-12(14(17)18)5-2-6-16-13/h1-6,9H,7-8H2,(H,17,18). The second kappa shape index (κ2) is 7.31. The molecule has 0 saturated carbocycles. The average molecular weight is 354 g/mol. The van der Waals surface area contributed by atoms with Crippen molar-refractivity contribution >= 4 is 33.7 Å². The van der Waals surface area contributed by atoms with E-state index in [0.29, 0.717) is 17.4 Å². The van der Waals surface area contributed by atoms with E-state index in [4.69, 9.17) is 9.84 Å². The summed E-state index contributed by atoms with van der Waals surface area (Å²) in [7, 11) is 0. The van der Waals surface area contributed by atoms with Crippen LogP contribution in [0.15, 0.2) is 52.1 Å². The fourth-order valence-electron chi connectivity index (χ4n) is 1.52. The number of aromatic carboxylic acids is 1. The van der Waals surface area contributed by atoms with E-state index < -0.39 is 5.97 Å². The van der Waals surface area contributed by atoms with Crippen molar-refractivity contribution in [3.8, 4) is 5.75 Å². The number of halogens is 1. The molecular formula is C14H12BrNO3S. The van der Waals surface area contributed by atoms with Crippen LogP contribution in [0.3, 0.4) is 0 Å². The summed E-state index contributed by atoms with van der Waals surface area (Å²) in [5, 5.41) is 9.55. The van der Waals surface area contributed by atoms with Gasteiger partial charge in [0.2, 0.25) is 0 Å². The van der Waals surface area contributed by atoms with Gasteiger partial charge in [-0.15, -0.1) is 11.8 Å². The number of aromatic nitrogens is 1. The summed E-state index contributed by atoms with van der Waals surface area (Å²) < 4.78 is 6.54. The molecule has 2 rings (SSSR count). The molecule has 0 aliphatic rings. The highest BCUT2D eigenvalue weighted by molar-refractivity contribution is 9.10. The van der Waals surface area contributed by atoms with Gasteiger partial charge in [0.15, 0.2) is 0 Å². The highest BCUT2D eigenvalue weighted by Crippen LogP contribution is 2.21. The van der Waals surface area contributed by atoms with E-state index in [2.05, 4.69) is 20.9 Å². The molecule has 0 atom stereocenters. The van der Waals surface area contributed by atoms with Crippen molar-refractivity contribution < 1.29 is 14.6 Å². The Morgan fingerprint density at radius 3 is 2.95 bits per heavy atom. The fourth-order valence-corrected chi connectivity index (χ4v) is 2.71. The van der Waals surface area contributed by atoms with Crippen molar-refractivity contribution in [3.63, 3.8) is 0 Å². The summed E-state index contributed by atoms with van der Waals surface area (Å²) in [6.45, 7) is 0.483. The van der Waals surface area contributed by atoms with E-state index in [0.717, 1.165) is 10.2 Å². The molecule has 0 spiro atoms. The number of pyridine rings is 1. The van der Waals surface area contributed by atoms with Crippen LogP contribution in [-0.2, 0) is 0 Å². The molecule has 0 aliphatic heterocycles. The topological polar surface area (TPSA) is 59.4 Å². The van der Waals surface area contributed by atoms with Crippen molar-refractivity contribution in [2.24, 2.45) is 0 Å². The first-order valence-corrected chi connectivity index (χ1v) is 7.64. The summed E-state index contributed by atoms with van der Waals surface area (Å²) >= 11 is 4.74.